The molecule has 1 aromatic carbocycles. The molecule has 2 atom stereocenters. The molecule has 1 aliphatic heterocycles. The molecule has 0 saturated carbocycles. The molecule has 0 saturated heterocycles. The van der Waals surface area contributed by atoms with Crippen LogP contribution in [0.4, 0.5) is 48.5 Å². The number of hydrogen-bond acceptors (Lipinski definition) is 8. The van der Waals surface area contributed by atoms with Gasteiger partial charge in [0.05, 0.1) is 59.8 Å². The van der Waals surface area contributed by atoms with Crippen LogP contribution in [0.15, 0.2) is 36.5 Å². The van der Waals surface area contributed by atoms with Gasteiger partial charge >= 0.3 is 18.4 Å². The maximum atomic E-state index is 13.5. The number of amides is 2. The number of anilines is 3. The molecule has 0 fully saturated rings. The number of hydrogen-bond donors (Lipinski definition) is 2. The van der Waals surface area contributed by atoms with Gasteiger partial charge < -0.3 is 20.1 Å². The van der Waals surface area contributed by atoms with Gasteiger partial charge in [0.2, 0.25) is 17.7 Å². The molecule has 0 bridgehead atoms. The van der Waals surface area contributed by atoms with Crippen LogP contribution in [0.2, 0.25) is 0 Å². The number of halogens is 6. The summed E-state index contributed by atoms with van der Waals surface area (Å²) in [4.78, 5) is 39.4. The Morgan fingerprint density at radius 1 is 1.02 bits per heavy atom. The average molecular weight is 641 g/mol. The van der Waals surface area contributed by atoms with Gasteiger partial charge in [-0.05, 0) is 49.6 Å². The third kappa shape index (κ3) is 7.72. The zero-order chi connectivity index (χ0) is 33.1. The first kappa shape index (κ1) is 33.3. The van der Waals surface area contributed by atoms with E-state index in [0.29, 0.717) is 36.4 Å². The topological polar surface area (TPSA) is 119 Å². The fourth-order valence-electron chi connectivity index (χ4n) is 5.01. The predicted octanol–water partition coefficient (Wildman–Crippen LogP) is 6.77. The molecule has 0 radical (unpaired) electrons. The van der Waals surface area contributed by atoms with E-state index < -0.39 is 47.9 Å². The number of carbonyl (C=O) groups excluding carboxylic acids is 2. The fraction of sp³-hybridized carbons (Fsp3) is 0.414. The van der Waals surface area contributed by atoms with Crippen LogP contribution in [-0.4, -0.2) is 46.7 Å². The number of nitrogens with one attached hydrogen (secondary N) is 2. The largest absolute Gasteiger partial charge is 0.481 e. The molecule has 4 rings (SSSR count). The molecule has 242 valence electrons. The van der Waals surface area contributed by atoms with Crippen molar-refractivity contribution in [3.8, 4) is 5.88 Å². The lowest BCUT2D eigenvalue weighted by Gasteiger charge is -2.39. The lowest BCUT2D eigenvalue weighted by molar-refractivity contribution is -0.143. The number of fused-ring (bicyclic) bond motifs is 1. The Morgan fingerprint density at radius 3 is 2.24 bits per heavy atom. The van der Waals surface area contributed by atoms with E-state index in [2.05, 4.69) is 25.6 Å². The number of benzene rings is 1. The van der Waals surface area contributed by atoms with Crippen molar-refractivity contribution in [2.75, 3.05) is 29.3 Å². The highest BCUT2D eigenvalue weighted by Gasteiger charge is 2.39. The van der Waals surface area contributed by atoms with E-state index in [9.17, 15) is 35.9 Å². The van der Waals surface area contributed by atoms with Crippen molar-refractivity contribution < 1.29 is 45.4 Å². The first-order valence-corrected chi connectivity index (χ1v) is 13.8. The summed E-state index contributed by atoms with van der Waals surface area (Å²) in [7, 11) is 1.42. The van der Waals surface area contributed by atoms with Gasteiger partial charge in [0.25, 0.3) is 0 Å². The van der Waals surface area contributed by atoms with Crippen molar-refractivity contribution in [3.63, 3.8) is 0 Å². The van der Waals surface area contributed by atoms with Crippen molar-refractivity contribution in [1.82, 2.24) is 15.0 Å². The molecule has 2 aromatic heterocycles. The Labute approximate surface area is 254 Å². The maximum absolute atomic E-state index is 13.5. The van der Waals surface area contributed by atoms with Crippen molar-refractivity contribution in [2.24, 2.45) is 0 Å². The minimum atomic E-state index is -5.04. The maximum Gasteiger partial charge on any atom is 0.416 e. The highest BCUT2D eigenvalue weighted by Crippen LogP contribution is 2.41. The molecule has 0 spiro atoms. The lowest BCUT2D eigenvalue weighted by atomic mass is 9.93. The van der Waals surface area contributed by atoms with E-state index in [4.69, 9.17) is 9.47 Å². The first-order valence-electron chi connectivity index (χ1n) is 13.8. The minimum Gasteiger partial charge on any atom is -0.481 e. The number of ether oxygens (including phenoxy) is 2. The van der Waals surface area contributed by atoms with Gasteiger partial charge in [-0.3, -0.25) is 9.69 Å². The van der Waals surface area contributed by atoms with Crippen LogP contribution in [0.3, 0.4) is 0 Å². The Kier molecular flexibility index (Phi) is 9.73. The molecule has 3 aromatic rings. The van der Waals surface area contributed by atoms with Crippen LogP contribution in [-0.2, 0) is 28.3 Å². The molecule has 10 nitrogen and oxygen atoms in total. The van der Waals surface area contributed by atoms with Gasteiger partial charge in [-0.25, -0.2) is 19.7 Å². The normalized spacial score (nSPS) is 16.5. The van der Waals surface area contributed by atoms with Gasteiger partial charge in [0.1, 0.15) is 0 Å². The molecule has 45 heavy (non-hydrogen) atoms. The van der Waals surface area contributed by atoms with Gasteiger partial charge in [0.15, 0.2) is 0 Å². The minimum absolute atomic E-state index is 0.00257. The second-order valence-corrected chi connectivity index (χ2v) is 10.1. The Hall–Kier alpha value is -4.63. The molecular formula is C29H30F6N6O4. The standard InChI is InChI=1S/C29H30F6N6O4/c1-5-19-13-21(25-23(7-8-24(40-25)44-4)41(19)27(43)45-6-2)39-26-36-14-22(37-15(3)42)20(38-26)11-16-9-17(28(30,31)32)12-18(10-16)29(33,34)35/h7-10,12,14,19,21H,5-6,11,13H2,1-4H3,(H,37,42)(H,36,38,39)/t19-,21+/m1/s1. The number of alkyl halides is 6. The van der Waals surface area contributed by atoms with Gasteiger partial charge in [0, 0.05) is 25.5 Å². The van der Waals surface area contributed by atoms with Crippen molar-refractivity contribution in [2.45, 2.75) is 64.5 Å². The van der Waals surface area contributed by atoms with Gasteiger partial charge in [-0.1, -0.05) is 6.92 Å². The average Bonchev–Trinajstić information content (AvgIpc) is 2.96. The summed E-state index contributed by atoms with van der Waals surface area (Å²) >= 11 is 0. The van der Waals surface area contributed by atoms with Crippen LogP contribution < -0.4 is 20.3 Å². The van der Waals surface area contributed by atoms with Crippen LogP contribution in [0.5, 0.6) is 5.88 Å². The van der Waals surface area contributed by atoms with Crippen LogP contribution in [0.25, 0.3) is 0 Å². The summed E-state index contributed by atoms with van der Waals surface area (Å²) in [5.74, 6) is -0.336. The number of methoxy groups -OCH3 is 1. The quantitative estimate of drug-likeness (QED) is 0.259. The molecular weight excluding hydrogens is 610 g/mol. The van der Waals surface area contributed by atoms with E-state index in [-0.39, 0.29) is 47.5 Å². The number of carbonyl (C=O) groups is 2. The Balaban J connectivity index is 1.76. The third-order valence-electron chi connectivity index (χ3n) is 6.99. The molecule has 16 heteroatoms. The Morgan fingerprint density at radius 2 is 1.69 bits per heavy atom. The van der Waals surface area contributed by atoms with Crippen LogP contribution >= 0.6 is 0 Å². The lowest BCUT2D eigenvalue weighted by Crippen LogP contribution is -2.46. The molecule has 2 amide bonds. The third-order valence-corrected chi connectivity index (χ3v) is 6.99. The molecule has 2 N–H and O–H groups in total. The summed E-state index contributed by atoms with van der Waals surface area (Å²) in [5.41, 5.74) is -2.47. The summed E-state index contributed by atoms with van der Waals surface area (Å²) in [6, 6.07) is 3.55. The summed E-state index contributed by atoms with van der Waals surface area (Å²) in [6.45, 7) is 4.90. The van der Waals surface area contributed by atoms with Crippen molar-refractivity contribution in [3.05, 3.63) is 64.6 Å². The molecule has 0 unspecified atom stereocenters. The Bertz CT molecular complexity index is 1530. The van der Waals surface area contributed by atoms with E-state index in [1.165, 1.54) is 25.1 Å². The van der Waals surface area contributed by atoms with Crippen LogP contribution in [0.1, 0.15) is 67.7 Å². The summed E-state index contributed by atoms with van der Waals surface area (Å²) in [5, 5.41) is 5.60. The molecule has 3 heterocycles. The fourth-order valence-corrected chi connectivity index (χ4v) is 5.01. The van der Waals surface area contributed by atoms with Crippen molar-refractivity contribution >= 4 is 29.3 Å². The van der Waals surface area contributed by atoms with Crippen LogP contribution in [0, 0.1) is 0 Å². The summed E-state index contributed by atoms with van der Waals surface area (Å²) < 4.78 is 91.5. The van der Waals surface area contributed by atoms with Crippen molar-refractivity contribution in [1.29, 1.82) is 0 Å². The van der Waals surface area contributed by atoms with Gasteiger partial charge in [-0.2, -0.15) is 26.3 Å². The van der Waals surface area contributed by atoms with E-state index in [1.54, 1.807) is 19.1 Å². The second kappa shape index (κ2) is 13.2. The predicted molar refractivity (Wildman–Crippen MR) is 151 cm³/mol. The number of nitrogens with zero attached hydrogens (tertiary/aromatic N) is 4. The SMILES string of the molecule is CCOC(=O)N1c2ccc(OC)nc2[C@@H](Nc2ncc(NC(C)=O)c(Cc3cc(C(F)(F)F)cc(C(F)(F)F)c3)n2)C[C@H]1CC. The second-order valence-electron chi connectivity index (χ2n) is 10.1. The highest BCUT2D eigenvalue weighted by atomic mass is 19.4. The number of rotatable bonds is 8. The molecule has 1 aliphatic rings. The summed E-state index contributed by atoms with van der Waals surface area (Å²) in [6.07, 6.45) is -9.08. The molecule has 0 aliphatic carbocycles. The number of pyridine rings is 1. The first-order chi connectivity index (χ1) is 21.1. The monoisotopic (exact) mass is 640 g/mol. The zero-order valence-electron chi connectivity index (χ0n) is 24.6. The number of aromatic nitrogens is 3. The smallest absolute Gasteiger partial charge is 0.416 e. The van der Waals surface area contributed by atoms with E-state index in [0.717, 1.165) is 0 Å². The van der Waals surface area contributed by atoms with E-state index in [1.807, 2.05) is 6.92 Å². The van der Waals surface area contributed by atoms with Gasteiger partial charge in [-0.15, -0.1) is 0 Å². The zero-order valence-corrected chi connectivity index (χ0v) is 24.6. The highest BCUT2D eigenvalue weighted by molar-refractivity contribution is 5.90. The van der Waals surface area contributed by atoms with E-state index >= 15 is 0 Å².